The van der Waals surface area contributed by atoms with E-state index in [-0.39, 0.29) is 12.5 Å². The van der Waals surface area contributed by atoms with Crippen LogP contribution in [0.4, 0.5) is 0 Å². The molecule has 6 nitrogen and oxygen atoms in total. The quantitative estimate of drug-likeness (QED) is 0.776. The SMILES string of the molecule is CSSCc1cc(OCC(C)c2cocc(O)c2=O)no1. The van der Waals surface area contributed by atoms with Gasteiger partial charge in [0.15, 0.2) is 11.5 Å². The lowest BCUT2D eigenvalue weighted by Crippen LogP contribution is -2.16. The standard InChI is InChI=1S/C13H15NO5S2/c1-8(10-5-17-6-11(15)13(10)16)4-18-12-3-9(19-14-12)7-21-20-2/h3,5-6,8,15H,4,7H2,1-2H3. The third kappa shape index (κ3) is 4.21. The molecule has 0 fully saturated rings. The van der Waals surface area contributed by atoms with Crippen LogP contribution in [-0.4, -0.2) is 23.1 Å². The zero-order valence-corrected chi connectivity index (χ0v) is 13.2. The van der Waals surface area contributed by atoms with Crippen LogP contribution >= 0.6 is 21.6 Å². The maximum atomic E-state index is 11.7. The van der Waals surface area contributed by atoms with Gasteiger partial charge >= 0.3 is 0 Å². The Kier molecular flexibility index (Phi) is 5.63. The summed E-state index contributed by atoms with van der Waals surface area (Å²) in [5, 5.41) is 13.1. The van der Waals surface area contributed by atoms with E-state index in [1.54, 1.807) is 34.6 Å². The number of hydrogen-bond donors (Lipinski definition) is 1. The zero-order valence-electron chi connectivity index (χ0n) is 11.6. The van der Waals surface area contributed by atoms with E-state index in [9.17, 15) is 9.90 Å². The Bertz CT molecular complexity index is 639. The molecule has 0 saturated carbocycles. The molecule has 1 unspecified atom stereocenters. The molecule has 0 bridgehead atoms. The van der Waals surface area contributed by atoms with E-state index in [0.29, 0.717) is 17.2 Å². The van der Waals surface area contributed by atoms with Gasteiger partial charge in [0.1, 0.15) is 6.26 Å². The normalized spacial score (nSPS) is 12.3. The van der Waals surface area contributed by atoms with E-state index in [2.05, 4.69) is 5.16 Å². The maximum Gasteiger partial charge on any atom is 0.254 e. The summed E-state index contributed by atoms with van der Waals surface area (Å²) in [5.41, 5.74) is -0.0915. The summed E-state index contributed by atoms with van der Waals surface area (Å²) >= 11 is 0. The fourth-order valence-corrected chi connectivity index (χ4v) is 2.69. The molecule has 1 N–H and O–H groups in total. The van der Waals surface area contributed by atoms with Crippen LogP contribution in [0.2, 0.25) is 0 Å². The molecule has 21 heavy (non-hydrogen) atoms. The van der Waals surface area contributed by atoms with E-state index >= 15 is 0 Å². The van der Waals surface area contributed by atoms with E-state index in [0.717, 1.165) is 12.0 Å². The summed E-state index contributed by atoms with van der Waals surface area (Å²) < 4.78 is 15.5. The summed E-state index contributed by atoms with van der Waals surface area (Å²) in [6.07, 6.45) is 4.31. The van der Waals surface area contributed by atoms with Crippen molar-refractivity contribution in [2.75, 3.05) is 12.9 Å². The Morgan fingerprint density at radius 1 is 1.48 bits per heavy atom. The highest BCUT2D eigenvalue weighted by Crippen LogP contribution is 2.25. The first-order valence-electron chi connectivity index (χ1n) is 6.15. The molecule has 2 aromatic rings. The number of nitrogens with zero attached hydrogens (tertiary/aromatic N) is 1. The number of ether oxygens (including phenoxy) is 1. The second-order valence-corrected chi connectivity index (χ2v) is 6.88. The highest BCUT2D eigenvalue weighted by atomic mass is 33.1. The molecular formula is C13H15NO5S2. The molecule has 2 heterocycles. The largest absolute Gasteiger partial charge is 0.502 e. The van der Waals surface area contributed by atoms with E-state index in [1.807, 2.05) is 6.26 Å². The lowest BCUT2D eigenvalue weighted by Gasteiger charge is -2.10. The van der Waals surface area contributed by atoms with E-state index < -0.39 is 11.2 Å². The van der Waals surface area contributed by atoms with Crippen LogP contribution in [0.1, 0.15) is 24.2 Å². The fourth-order valence-electron chi connectivity index (χ4n) is 1.61. The Hall–Kier alpha value is -1.54. The Balaban J connectivity index is 1.94. The van der Waals surface area contributed by atoms with E-state index in [1.165, 1.54) is 6.26 Å². The molecule has 2 rings (SSSR count). The molecule has 0 aliphatic heterocycles. The van der Waals surface area contributed by atoms with Crippen molar-refractivity contribution in [1.82, 2.24) is 5.16 Å². The summed E-state index contributed by atoms with van der Waals surface area (Å²) in [4.78, 5) is 11.7. The topological polar surface area (TPSA) is 85.7 Å². The van der Waals surface area contributed by atoms with Crippen LogP contribution in [0, 0.1) is 0 Å². The molecule has 0 aliphatic carbocycles. The Morgan fingerprint density at radius 2 is 2.29 bits per heavy atom. The molecule has 1 atom stereocenters. The molecule has 114 valence electrons. The second kappa shape index (κ2) is 7.46. The van der Waals surface area contributed by atoms with Gasteiger partial charge in [-0.05, 0) is 11.4 Å². The van der Waals surface area contributed by atoms with Crippen molar-refractivity contribution >= 4 is 21.6 Å². The monoisotopic (exact) mass is 329 g/mol. The van der Waals surface area contributed by atoms with Crippen LogP contribution in [0.3, 0.4) is 0 Å². The summed E-state index contributed by atoms with van der Waals surface area (Å²) in [6, 6.07) is 1.72. The molecule has 2 aromatic heterocycles. The highest BCUT2D eigenvalue weighted by molar-refractivity contribution is 8.76. The molecule has 0 aliphatic rings. The molecule has 0 spiro atoms. The average molecular weight is 329 g/mol. The van der Waals surface area contributed by atoms with Crippen molar-refractivity contribution in [3.63, 3.8) is 0 Å². The first-order valence-corrected chi connectivity index (χ1v) is 8.88. The number of aromatic hydroxyl groups is 1. The number of rotatable bonds is 7. The van der Waals surface area contributed by atoms with Gasteiger partial charge in [-0.3, -0.25) is 4.79 Å². The number of hydrogen-bond acceptors (Lipinski definition) is 8. The van der Waals surface area contributed by atoms with E-state index in [4.69, 9.17) is 13.7 Å². The van der Waals surface area contributed by atoms with Gasteiger partial charge in [-0.2, -0.15) is 0 Å². The highest BCUT2D eigenvalue weighted by Gasteiger charge is 2.15. The van der Waals surface area contributed by atoms with Crippen molar-refractivity contribution in [3.8, 4) is 11.6 Å². The minimum Gasteiger partial charge on any atom is -0.502 e. The predicted molar refractivity (Wildman–Crippen MR) is 81.9 cm³/mol. The predicted octanol–water partition coefficient (Wildman–Crippen LogP) is 3.03. The van der Waals surface area contributed by atoms with Crippen LogP contribution in [0.15, 0.2) is 32.3 Å². The van der Waals surface area contributed by atoms with Crippen LogP contribution in [-0.2, 0) is 5.75 Å². The second-order valence-electron chi connectivity index (χ2n) is 4.31. The van der Waals surface area contributed by atoms with Gasteiger partial charge in [-0.25, -0.2) is 0 Å². The van der Waals surface area contributed by atoms with Gasteiger partial charge in [0.2, 0.25) is 5.43 Å². The molecule has 0 saturated heterocycles. The molecule has 0 radical (unpaired) electrons. The zero-order chi connectivity index (χ0) is 15.2. The Morgan fingerprint density at radius 3 is 3.05 bits per heavy atom. The molecule has 0 aromatic carbocycles. The first-order chi connectivity index (χ1) is 10.1. The first kappa shape index (κ1) is 15.8. The minimum atomic E-state index is -0.449. The van der Waals surface area contributed by atoms with Gasteiger partial charge in [0.25, 0.3) is 5.88 Å². The fraction of sp³-hybridized carbons (Fsp3) is 0.385. The third-order valence-corrected chi connectivity index (χ3v) is 4.44. The van der Waals surface area contributed by atoms with Crippen molar-refractivity contribution in [2.45, 2.75) is 18.6 Å². The van der Waals surface area contributed by atoms with Crippen molar-refractivity contribution in [2.24, 2.45) is 0 Å². The van der Waals surface area contributed by atoms with Crippen molar-refractivity contribution in [3.05, 3.63) is 40.1 Å². The summed E-state index contributed by atoms with van der Waals surface area (Å²) in [5.74, 6) is 1.17. The molecule has 0 amide bonds. The van der Waals surface area contributed by atoms with Gasteiger partial charge in [-0.1, -0.05) is 28.5 Å². The summed E-state index contributed by atoms with van der Waals surface area (Å²) in [6.45, 7) is 2.03. The van der Waals surface area contributed by atoms with Gasteiger partial charge in [0.05, 0.1) is 18.6 Å². The van der Waals surface area contributed by atoms with Gasteiger partial charge in [-0.15, -0.1) is 0 Å². The molecular weight excluding hydrogens is 314 g/mol. The van der Waals surface area contributed by atoms with Gasteiger partial charge < -0.3 is 18.8 Å². The smallest absolute Gasteiger partial charge is 0.254 e. The van der Waals surface area contributed by atoms with Crippen molar-refractivity contribution < 1.29 is 18.8 Å². The average Bonchev–Trinajstić information content (AvgIpc) is 2.93. The minimum absolute atomic E-state index is 0.232. The van der Waals surface area contributed by atoms with Gasteiger partial charge in [0, 0.05) is 17.5 Å². The van der Waals surface area contributed by atoms with Crippen LogP contribution in [0.5, 0.6) is 11.6 Å². The maximum absolute atomic E-state index is 11.7. The van der Waals surface area contributed by atoms with Crippen LogP contribution in [0.25, 0.3) is 0 Å². The Labute approximate surface area is 129 Å². The number of aromatic nitrogens is 1. The third-order valence-electron chi connectivity index (χ3n) is 2.74. The van der Waals surface area contributed by atoms with Crippen LogP contribution < -0.4 is 10.2 Å². The van der Waals surface area contributed by atoms with Crippen molar-refractivity contribution in [1.29, 1.82) is 0 Å². The lowest BCUT2D eigenvalue weighted by atomic mass is 10.0. The molecule has 8 heteroatoms. The lowest BCUT2D eigenvalue weighted by molar-refractivity contribution is 0.259. The summed E-state index contributed by atoms with van der Waals surface area (Å²) in [7, 11) is 3.29.